The van der Waals surface area contributed by atoms with Gasteiger partial charge in [-0.25, -0.2) is 4.79 Å². The molecular weight excluding hydrogens is 380 g/mol. The Kier molecular flexibility index (Phi) is 6.87. The van der Waals surface area contributed by atoms with Crippen LogP contribution in [0.2, 0.25) is 0 Å². The molecule has 1 N–H and O–H groups in total. The number of carbonyl (C=O) groups is 3. The van der Waals surface area contributed by atoms with Crippen LogP contribution in [0, 0.1) is 0 Å². The molecule has 2 aromatic carbocycles. The van der Waals surface area contributed by atoms with Gasteiger partial charge in [-0.05, 0) is 55.5 Å². The highest BCUT2D eigenvalue weighted by Gasteiger charge is 2.24. The van der Waals surface area contributed by atoms with Crippen LogP contribution in [0.15, 0.2) is 48.5 Å². The van der Waals surface area contributed by atoms with Gasteiger partial charge < -0.3 is 15.0 Å². The van der Waals surface area contributed by atoms with Gasteiger partial charge in [-0.3, -0.25) is 9.59 Å². The number of para-hydroxylation sites is 1. The fourth-order valence-corrected chi connectivity index (χ4v) is 3.50. The van der Waals surface area contributed by atoms with Crippen molar-refractivity contribution in [1.29, 1.82) is 0 Å². The summed E-state index contributed by atoms with van der Waals surface area (Å²) in [6.45, 7) is 6.39. The highest BCUT2D eigenvalue weighted by Crippen LogP contribution is 2.27. The van der Waals surface area contributed by atoms with Crippen molar-refractivity contribution in [2.75, 3.05) is 16.8 Å². The largest absolute Gasteiger partial charge is 0.449 e. The fourth-order valence-electron chi connectivity index (χ4n) is 3.50. The molecule has 1 heterocycles. The molecule has 3 rings (SSSR count). The molecule has 2 atom stereocenters. The maximum atomic E-state index is 12.6. The minimum atomic E-state index is -0.959. The average molecular weight is 408 g/mol. The van der Waals surface area contributed by atoms with Gasteiger partial charge in [0.2, 0.25) is 5.91 Å². The highest BCUT2D eigenvalue weighted by molar-refractivity contribution is 5.99. The summed E-state index contributed by atoms with van der Waals surface area (Å²) in [4.78, 5) is 38.8. The lowest BCUT2D eigenvalue weighted by Crippen LogP contribution is -2.30. The van der Waals surface area contributed by atoms with E-state index < -0.39 is 12.1 Å². The Balaban J connectivity index is 1.66. The van der Waals surface area contributed by atoms with Gasteiger partial charge in [0.1, 0.15) is 0 Å². The molecular formula is C24H28N2O4. The molecule has 0 aromatic heterocycles. The second-order valence-electron chi connectivity index (χ2n) is 7.63. The van der Waals surface area contributed by atoms with Gasteiger partial charge in [0, 0.05) is 24.3 Å². The third-order valence-electron chi connectivity index (χ3n) is 5.48. The Morgan fingerprint density at radius 2 is 1.90 bits per heavy atom. The number of hydrogen-bond donors (Lipinski definition) is 1. The lowest BCUT2D eigenvalue weighted by molar-refractivity contribution is -0.123. The predicted molar refractivity (Wildman–Crippen MR) is 117 cm³/mol. The molecule has 1 aliphatic rings. The molecule has 1 aliphatic heterocycles. The van der Waals surface area contributed by atoms with Gasteiger partial charge in [-0.1, -0.05) is 38.1 Å². The van der Waals surface area contributed by atoms with E-state index in [9.17, 15) is 14.4 Å². The van der Waals surface area contributed by atoms with Crippen LogP contribution in [-0.2, 0) is 14.3 Å². The molecule has 2 amide bonds. The maximum absolute atomic E-state index is 12.6. The average Bonchev–Trinajstić information content (AvgIpc) is 3.19. The van der Waals surface area contributed by atoms with Crippen LogP contribution in [-0.4, -0.2) is 30.4 Å². The van der Waals surface area contributed by atoms with Crippen molar-refractivity contribution in [2.24, 2.45) is 0 Å². The van der Waals surface area contributed by atoms with Gasteiger partial charge in [0.25, 0.3) is 5.91 Å². The van der Waals surface area contributed by atoms with Crippen LogP contribution in [0.3, 0.4) is 0 Å². The van der Waals surface area contributed by atoms with Crippen LogP contribution in [0.25, 0.3) is 0 Å². The smallest absolute Gasteiger partial charge is 0.338 e. The van der Waals surface area contributed by atoms with Crippen LogP contribution in [0.1, 0.15) is 61.9 Å². The lowest BCUT2D eigenvalue weighted by Gasteiger charge is -2.19. The standard InChI is InChI=1S/C24H28N2O4/c1-4-16(2)20-11-5-6-12-21(20)25-23(28)17(3)30-24(29)18-9-7-10-19(15-18)26-14-8-13-22(26)27/h5-7,9-12,15-17H,4,8,13-14H2,1-3H3,(H,25,28)/t16-,17-/m0/s1. The number of nitrogens with one attached hydrogen (secondary N) is 1. The second kappa shape index (κ2) is 9.57. The first-order valence-corrected chi connectivity index (χ1v) is 10.4. The van der Waals surface area contributed by atoms with Crippen LogP contribution < -0.4 is 10.2 Å². The lowest BCUT2D eigenvalue weighted by atomic mass is 9.97. The molecule has 158 valence electrons. The summed E-state index contributed by atoms with van der Waals surface area (Å²) in [6, 6.07) is 14.4. The summed E-state index contributed by atoms with van der Waals surface area (Å²) in [5.41, 5.74) is 2.77. The van der Waals surface area contributed by atoms with Gasteiger partial charge in [0.15, 0.2) is 6.10 Å². The van der Waals surface area contributed by atoms with Gasteiger partial charge in [-0.15, -0.1) is 0 Å². The number of hydrogen-bond acceptors (Lipinski definition) is 4. The minimum Gasteiger partial charge on any atom is -0.449 e. The fraction of sp³-hybridized carbons (Fsp3) is 0.375. The molecule has 6 nitrogen and oxygen atoms in total. The summed E-state index contributed by atoms with van der Waals surface area (Å²) >= 11 is 0. The van der Waals surface area contributed by atoms with Gasteiger partial charge in [0.05, 0.1) is 5.56 Å². The molecule has 2 aromatic rings. The molecule has 0 saturated carbocycles. The number of anilines is 2. The van der Waals surface area contributed by atoms with E-state index in [2.05, 4.69) is 19.2 Å². The monoisotopic (exact) mass is 408 g/mol. The zero-order valence-electron chi connectivity index (χ0n) is 17.7. The first kappa shape index (κ1) is 21.6. The summed E-state index contributed by atoms with van der Waals surface area (Å²) in [7, 11) is 0. The normalized spacial score (nSPS) is 15.6. The molecule has 0 radical (unpaired) electrons. The third-order valence-corrected chi connectivity index (χ3v) is 5.48. The van der Waals surface area contributed by atoms with Crippen molar-refractivity contribution in [2.45, 2.75) is 52.1 Å². The SMILES string of the molecule is CC[C@H](C)c1ccccc1NC(=O)[C@H](C)OC(=O)c1cccc(N2CCCC2=O)c1. The minimum absolute atomic E-state index is 0.0493. The number of carbonyl (C=O) groups excluding carboxylic acids is 3. The van der Waals surface area contributed by atoms with E-state index >= 15 is 0 Å². The van der Waals surface area contributed by atoms with Crippen molar-refractivity contribution in [3.63, 3.8) is 0 Å². The predicted octanol–water partition coefficient (Wildman–Crippen LogP) is 4.51. The van der Waals surface area contributed by atoms with Crippen molar-refractivity contribution in [3.8, 4) is 0 Å². The number of rotatable bonds is 7. The molecule has 6 heteroatoms. The van der Waals surface area contributed by atoms with E-state index in [1.54, 1.807) is 36.1 Å². The van der Waals surface area contributed by atoms with Crippen molar-refractivity contribution in [1.82, 2.24) is 0 Å². The summed E-state index contributed by atoms with van der Waals surface area (Å²) in [5.74, 6) is -0.630. The zero-order chi connectivity index (χ0) is 21.7. The van der Waals surface area contributed by atoms with E-state index in [1.165, 1.54) is 0 Å². The van der Waals surface area contributed by atoms with Crippen LogP contribution in [0.4, 0.5) is 11.4 Å². The quantitative estimate of drug-likeness (QED) is 0.684. The maximum Gasteiger partial charge on any atom is 0.338 e. The Hall–Kier alpha value is -3.15. The van der Waals surface area contributed by atoms with Gasteiger partial charge in [-0.2, -0.15) is 0 Å². The number of nitrogens with zero attached hydrogens (tertiary/aromatic N) is 1. The van der Waals surface area contributed by atoms with Gasteiger partial charge >= 0.3 is 5.97 Å². The summed E-state index contributed by atoms with van der Waals surface area (Å²) < 4.78 is 5.39. The molecule has 0 unspecified atom stereocenters. The number of amides is 2. The van der Waals surface area contributed by atoms with E-state index in [1.807, 2.05) is 24.3 Å². The van der Waals surface area contributed by atoms with E-state index in [4.69, 9.17) is 4.74 Å². The van der Waals surface area contributed by atoms with E-state index in [0.717, 1.165) is 24.1 Å². The number of esters is 1. The van der Waals surface area contributed by atoms with E-state index in [-0.39, 0.29) is 11.8 Å². The Bertz CT molecular complexity index is 940. The first-order valence-electron chi connectivity index (χ1n) is 10.4. The summed E-state index contributed by atoms with van der Waals surface area (Å²) in [5, 5.41) is 2.88. The second-order valence-corrected chi connectivity index (χ2v) is 7.63. The summed E-state index contributed by atoms with van der Waals surface area (Å²) in [6.07, 6.45) is 1.32. The third kappa shape index (κ3) is 4.87. The Morgan fingerprint density at radius 3 is 2.60 bits per heavy atom. The topological polar surface area (TPSA) is 75.7 Å². The molecule has 0 aliphatic carbocycles. The van der Waals surface area contributed by atoms with Crippen molar-refractivity contribution >= 4 is 29.2 Å². The van der Waals surface area contributed by atoms with Crippen LogP contribution >= 0.6 is 0 Å². The highest BCUT2D eigenvalue weighted by atomic mass is 16.5. The Labute approximate surface area is 177 Å². The van der Waals surface area contributed by atoms with Crippen molar-refractivity contribution < 1.29 is 19.1 Å². The number of ether oxygens (including phenoxy) is 1. The molecule has 30 heavy (non-hydrogen) atoms. The molecule has 1 saturated heterocycles. The van der Waals surface area contributed by atoms with Crippen molar-refractivity contribution in [3.05, 3.63) is 59.7 Å². The number of benzene rings is 2. The van der Waals surface area contributed by atoms with E-state index in [0.29, 0.717) is 30.1 Å². The first-order chi connectivity index (χ1) is 14.4. The Morgan fingerprint density at radius 1 is 1.13 bits per heavy atom. The zero-order valence-corrected chi connectivity index (χ0v) is 17.7. The molecule has 0 bridgehead atoms. The molecule has 0 spiro atoms. The molecule has 1 fully saturated rings. The van der Waals surface area contributed by atoms with Crippen LogP contribution in [0.5, 0.6) is 0 Å².